The second kappa shape index (κ2) is 7.41. The fraction of sp³-hybridized carbons (Fsp3) is 0.455. The molecule has 1 aromatic heterocycles. The monoisotopic (exact) mass is 319 g/mol. The van der Waals surface area contributed by atoms with Crippen LogP contribution in [0.4, 0.5) is 5.69 Å². The topological polar surface area (TPSA) is 105 Å². The van der Waals surface area contributed by atoms with E-state index in [1.54, 1.807) is 13.2 Å². The lowest BCUT2D eigenvalue weighted by Gasteiger charge is -2.21. The summed E-state index contributed by atoms with van der Waals surface area (Å²) in [6.45, 7) is 1.60. The van der Waals surface area contributed by atoms with E-state index < -0.39 is 16.5 Å². The van der Waals surface area contributed by atoms with Crippen LogP contribution in [0.15, 0.2) is 12.3 Å². The van der Waals surface area contributed by atoms with E-state index in [1.165, 1.54) is 24.0 Å². The molecule has 0 bridgehead atoms. The molecular weight excluding hydrogens is 306 g/mol. The predicted octanol–water partition coefficient (Wildman–Crippen LogP) is 1.49. The predicted molar refractivity (Wildman–Crippen MR) is 77.2 cm³/mol. The first kappa shape index (κ1) is 16.7. The number of thioether (sulfide) groups is 1. The SMILES string of the molecule is CSC(CO)C(C)NC(=O)c1ccnc(Cl)c1[N+](=O)[O-]. The van der Waals surface area contributed by atoms with Crippen LogP contribution in [0.2, 0.25) is 5.15 Å². The highest BCUT2D eigenvalue weighted by molar-refractivity contribution is 7.99. The van der Waals surface area contributed by atoms with Crippen molar-refractivity contribution in [2.24, 2.45) is 0 Å². The van der Waals surface area contributed by atoms with Crippen molar-refractivity contribution < 1.29 is 14.8 Å². The fourth-order valence-corrected chi connectivity index (χ4v) is 2.45. The Morgan fingerprint density at radius 1 is 1.70 bits per heavy atom. The van der Waals surface area contributed by atoms with Gasteiger partial charge in [0, 0.05) is 17.5 Å². The van der Waals surface area contributed by atoms with Crippen LogP contribution >= 0.6 is 23.4 Å². The largest absolute Gasteiger partial charge is 0.395 e. The number of hydrogen-bond acceptors (Lipinski definition) is 6. The van der Waals surface area contributed by atoms with Crippen LogP contribution in [0.1, 0.15) is 17.3 Å². The Morgan fingerprint density at radius 3 is 2.85 bits per heavy atom. The molecule has 110 valence electrons. The lowest BCUT2D eigenvalue weighted by Crippen LogP contribution is -2.41. The number of amides is 1. The minimum Gasteiger partial charge on any atom is -0.395 e. The van der Waals surface area contributed by atoms with E-state index in [-0.39, 0.29) is 28.6 Å². The molecule has 2 N–H and O–H groups in total. The molecule has 0 spiro atoms. The number of aliphatic hydroxyl groups excluding tert-OH is 1. The number of hydrogen-bond donors (Lipinski definition) is 2. The van der Waals surface area contributed by atoms with Crippen molar-refractivity contribution in [3.05, 3.63) is 33.1 Å². The lowest BCUT2D eigenvalue weighted by molar-refractivity contribution is -0.385. The van der Waals surface area contributed by atoms with E-state index in [0.717, 1.165) is 0 Å². The van der Waals surface area contributed by atoms with Gasteiger partial charge in [0.2, 0.25) is 5.15 Å². The first-order valence-corrected chi connectivity index (χ1v) is 7.32. The summed E-state index contributed by atoms with van der Waals surface area (Å²) in [5.74, 6) is -0.624. The van der Waals surface area contributed by atoms with E-state index >= 15 is 0 Å². The molecule has 0 aliphatic rings. The third kappa shape index (κ3) is 3.81. The highest BCUT2D eigenvalue weighted by Gasteiger charge is 2.27. The van der Waals surface area contributed by atoms with E-state index in [2.05, 4.69) is 10.3 Å². The van der Waals surface area contributed by atoms with E-state index in [1.807, 2.05) is 0 Å². The van der Waals surface area contributed by atoms with Crippen molar-refractivity contribution in [2.75, 3.05) is 12.9 Å². The van der Waals surface area contributed by atoms with Crippen LogP contribution in [0.5, 0.6) is 0 Å². The number of nitrogens with zero attached hydrogens (tertiary/aromatic N) is 2. The molecule has 0 aliphatic carbocycles. The van der Waals surface area contributed by atoms with Crippen molar-refractivity contribution in [3.8, 4) is 0 Å². The Kier molecular flexibility index (Phi) is 6.18. The summed E-state index contributed by atoms with van der Waals surface area (Å²) in [4.78, 5) is 25.9. The first-order valence-electron chi connectivity index (χ1n) is 5.65. The number of carbonyl (C=O) groups is 1. The zero-order valence-corrected chi connectivity index (χ0v) is 12.4. The van der Waals surface area contributed by atoms with Crippen LogP contribution < -0.4 is 5.32 Å². The lowest BCUT2D eigenvalue weighted by atomic mass is 10.2. The summed E-state index contributed by atoms with van der Waals surface area (Å²) in [5, 5.41) is 22.2. The Balaban J connectivity index is 2.99. The quantitative estimate of drug-likeness (QED) is 0.467. The zero-order chi connectivity index (χ0) is 15.3. The molecule has 1 rings (SSSR count). The third-order valence-electron chi connectivity index (χ3n) is 2.71. The number of carbonyl (C=O) groups excluding carboxylic acids is 1. The fourth-order valence-electron chi connectivity index (χ4n) is 1.60. The van der Waals surface area contributed by atoms with Crippen molar-refractivity contribution in [3.63, 3.8) is 0 Å². The third-order valence-corrected chi connectivity index (χ3v) is 4.15. The van der Waals surface area contributed by atoms with Gasteiger partial charge in [-0.2, -0.15) is 11.8 Å². The van der Waals surface area contributed by atoms with Crippen LogP contribution in [0, 0.1) is 10.1 Å². The molecule has 0 saturated carbocycles. The summed E-state index contributed by atoms with van der Waals surface area (Å²) in [5.41, 5.74) is -0.678. The second-order valence-corrected chi connectivity index (χ2v) is 5.41. The van der Waals surface area contributed by atoms with Gasteiger partial charge in [-0.25, -0.2) is 4.98 Å². The molecule has 0 saturated heterocycles. The second-order valence-electron chi connectivity index (χ2n) is 3.97. The number of aromatic nitrogens is 1. The van der Waals surface area contributed by atoms with Gasteiger partial charge in [-0.15, -0.1) is 0 Å². The van der Waals surface area contributed by atoms with Gasteiger partial charge in [0.25, 0.3) is 5.91 Å². The van der Waals surface area contributed by atoms with Crippen molar-refractivity contribution in [1.82, 2.24) is 10.3 Å². The zero-order valence-electron chi connectivity index (χ0n) is 10.9. The van der Waals surface area contributed by atoms with Gasteiger partial charge in [0.15, 0.2) is 0 Å². The van der Waals surface area contributed by atoms with Crippen LogP contribution in [-0.4, -0.2) is 45.1 Å². The first-order chi connectivity index (χ1) is 9.42. The molecule has 0 fully saturated rings. The maximum Gasteiger partial charge on any atom is 0.319 e. The van der Waals surface area contributed by atoms with E-state index in [0.29, 0.717) is 0 Å². The highest BCUT2D eigenvalue weighted by atomic mass is 35.5. The maximum atomic E-state index is 12.1. The number of nitro groups is 1. The molecule has 0 radical (unpaired) electrons. The minimum absolute atomic E-state index is 0.109. The normalized spacial score (nSPS) is 13.6. The van der Waals surface area contributed by atoms with Crippen LogP contribution in [-0.2, 0) is 0 Å². The summed E-state index contributed by atoms with van der Waals surface area (Å²) < 4.78 is 0. The van der Waals surface area contributed by atoms with Gasteiger partial charge in [-0.05, 0) is 19.2 Å². The maximum absolute atomic E-state index is 12.1. The molecular formula is C11H14ClN3O4S. The van der Waals surface area contributed by atoms with E-state index in [9.17, 15) is 14.9 Å². The molecule has 1 aromatic rings. The molecule has 1 amide bonds. The van der Waals surface area contributed by atoms with Crippen molar-refractivity contribution in [1.29, 1.82) is 0 Å². The molecule has 2 unspecified atom stereocenters. The van der Waals surface area contributed by atoms with Gasteiger partial charge < -0.3 is 10.4 Å². The Bertz CT molecular complexity index is 510. The number of aliphatic hydroxyl groups is 1. The molecule has 2 atom stereocenters. The van der Waals surface area contributed by atoms with Crippen molar-refractivity contribution in [2.45, 2.75) is 18.2 Å². The molecule has 0 aromatic carbocycles. The Morgan fingerprint density at radius 2 is 2.35 bits per heavy atom. The number of halogens is 1. The van der Waals surface area contributed by atoms with Gasteiger partial charge in [0.1, 0.15) is 5.56 Å². The van der Waals surface area contributed by atoms with Gasteiger partial charge in [-0.3, -0.25) is 14.9 Å². The average molecular weight is 320 g/mol. The summed E-state index contributed by atoms with van der Waals surface area (Å²) in [7, 11) is 0. The average Bonchev–Trinajstić information content (AvgIpc) is 2.39. The molecule has 0 aliphatic heterocycles. The van der Waals surface area contributed by atoms with E-state index in [4.69, 9.17) is 16.7 Å². The van der Waals surface area contributed by atoms with Gasteiger partial charge in [0.05, 0.1) is 11.5 Å². The number of nitrogens with one attached hydrogen (secondary N) is 1. The Hall–Kier alpha value is -1.38. The van der Waals surface area contributed by atoms with Crippen molar-refractivity contribution >= 4 is 35.0 Å². The number of rotatable bonds is 6. The van der Waals surface area contributed by atoms with Crippen LogP contribution in [0.25, 0.3) is 0 Å². The molecule has 1 heterocycles. The molecule has 7 nitrogen and oxygen atoms in total. The minimum atomic E-state index is -0.743. The molecule has 9 heteroatoms. The van der Waals surface area contributed by atoms with Gasteiger partial charge in [-0.1, -0.05) is 11.6 Å². The molecule has 20 heavy (non-hydrogen) atoms. The highest BCUT2D eigenvalue weighted by Crippen LogP contribution is 2.26. The summed E-state index contributed by atoms with van der Waals surface area (Å²) in [6.07, 6.45) is 3.03. The van der Waals surface area contributed by atoms with Gasteiger partial charge >= 0.3 is 5.69 Å². The summed E-state index contributed by atoms with van der Waals surface area (Å²) in [6, 6.07) is 0.882. The van der Waals surface area contributed by atoms with Crippen LogP contribution in [0.3, 0.4) is 0 Å². The summed E-state index contributed by atoms with van der Waals surface area (Å²) >= 11 is 7.04. The smallest absolute Gasteiger partial charge is 0.319 e. The standard InChI is InChI=1S/C11H14ClN3O4S/c1-6(8(5-16)20-2)14-11(17)7-3-4-13-10(12)9(7)15(18)19/h3-4,6,8,16H,5H2,1-2H3,(H,14,17). The number of pyridine rings is 1. The Labute approximate surface area is 124 Å².